The van der Waals surface area contributed by atoms with Crippen molar-refractivity contribution >= 4 is 39.3 Å². The minimum atomic E-state index is -0.174. The maximum atomic E-state index is 11.1. The maximum absolute atomic E-state index is 11.1. The Hall–Kier alpha value is -0.680. The Kier molecular flexibility index (Phi) is 5.69. The van der Waals surface area contributed by atoms with Gasteiger partial charge in [0.25, 0.3) is 0 Å². The van der Waals surface area contributed by atoms with Gasteiger partial charge in [-0.1, -0.05) is 12.1 Å². The third-order valence-corrected chi connectivity index (χ3v) is 3.81. The highest BCUT2D eigenvalue weighted by Crippen LogP contribution is 2.26. The summed E-state index contributed by atoms with van der Waals surface area (Å²) < 4.78 is 5.75. The van der Waals surface area contributed by atoms with E-state index in [4.69, 9.17) is 10.5 Å². The van der Waals surface area contributed by atoms with Crippen molar-refractivity contribution in [2.24, 2.45) is 0 Å². The molecule has 5 heteroatoms. The molecule has 0 saturated carbocycles. The minimum absolute atomic E-state index is 0.174. The average Bonchev–Trinajstić information content (AvgIpc) is 2.25. The van der Waals surface area contributed by atoms with Crippen LogP contribution in [-0.2, 0) is 15.3 Å². The number of hydrogen-bond donors (Lipinski definition) is 1. The summed E-state index contributed by atoms with van der Waals surface area (Å²) in [7, 11) is 0. The largest absolute Gasteiger partial charge is 0.465 e. The Morgan fingerprint density at radius 1 is 1.56 bits per heavy atom. The molecule has 16 heavy (non-hydrogen) atoms. The number of ether oxygens (including phenoxy) is 1. The van der Waals surface area contributed by atoms with E-state index in [1.807, 2.05) is 18.2 Å². The van der Waals surface area contributed by atoms with Gasteiger partial charge in [0.15, 0.2) is 0 Å². The monoisotopic (exact) mass is 303 g/mol. The van der Waals surface area contributed by atoms with Crippen LogP contribution in [0.5, 0.6) is 0 Å². The fourth-order valence-corrected chi connectivity index (χ4v) is 2.56. The van der Waals surface area contributed by atoms with Crippen LogP contribution in [0.1, 0.15) is 12.5 Å². The highest BCUT2D eigenvalue weighted by atomic mass is 79.9. The second-order valence-corrected chi connectivity index (χ2v) is 4.90. The molecule has 0 saturated heterocycles. The normalized spacial score (nSPS) is 10.1. The summed E-state index contributed by atoms with van der Waals surface area (Å²) in [5, 5.41) is 0. The average molecular weight is 304 g/mol. The van der Waals surface area contributed by atoms with E-state index in [-0.39, 0.29) is 5.97 Å². The second kappa shape index (κ2) is 6.81. The predicted octanol–water partition coefficient (Wildman–Crippen LogP) is 2.83. The molecule has 0 aliphatic rings. The summed E-state index contributed by atoms with van der Waals surface area (Å²) in [6, 6.07) is 5.72. The van der Waals surface area contributed by atoms with E-state index in [1.165, 1.54) is 11.8 Å². The van der Waals surface area contributed by atoms with E-state index in [9.17, 15) is 4.79 Å². The second-order valence-electron chi connectivity index (χ2n) is 3.12. The Morgan fingerprint density at radius 3 is 3.00 bits per heavy atom. The first kappa shape index (κ1) is 13.4. The van der Waals surface area contributed by atoms with Gasteiger partial charge in [-0.25, -0.2) is 0 Å². The standard InChI is InChI=1S/C11H14BrNO2S/c1-2-15-10(14)7-16-6-8-4-3-5-9(13)11(8)12/h3-5H,2,6-7,13H2,1H3. The maximum Gasteiger partial charge on any atom is 0.315 e. The number of hydrogen-bond acceptors (Lipinski definition) is 4. The van der Waals surface area contributed by atoms with Gasteiger partial charge in [-0.15, -0.1) is 11.8 Å². The smallest absolute Gasteiger partial charge is 0.315 e. The molecule has 1 aromatic rings. The van der Waals surface area contributed by atoms with Crippen molar-refractivity contribution in [1.29, 1.82) is 0 Å². The molecular weight excluding hydrogens is 290 g/mol. The Bertz CT molecular complexity index is 371. The molecule has 0 aliphatic carbocycles. The molecule has 0 atom stereocenters. The van der Waals surface area contributed by atoms with Crippen molar-refractivity contribution < 1.29 is 9.53 Å². The third kappa shape index (κ3) is 4.06. The molecule has 0 aromatic heterocycles. The summed E-state index contributed by atoms with van der Waals surface area (Å²) in [6.45, 7) is 2.23. The highest BCUT2D eigenvalue weighted by molar-refractivity contribution is 9.10. The van der Waals surface area contributed by atoms with Gasteiger partial charge in [-0.3, -0.25) is 4.79 Å². The summed E-state index contributed by atoms with van der Waals surface area (Å²) in [4.78, 5) is 11.1. The molecule has 3 nitrogen and oxygen atoms in total. The zero-order valence-electron chi connectivity index (χ0n) is 9.03. The van der Waals surface area contributed by atoms with Gasteiger partial charge in [0.05, 0.1) is 12.4 Å². The number of benzene rings is 1. The molecule has 0 fully saturated rings. The summed E-state index contributed by atoms with van der Waals surface area (Å²) in [5.74, 6) is 0.937. The van der Waals surface area contributed by atoms with E-state index >= 15 is 0 Å². The minimum Gasteiger partial charge on any atom is -0.465 e. The fraction of sp³-hybridized carbons (Fsp3) is 0.364. The molecule has 0 spiro atoms. The number of thioether (sulfide) groups is 1. The molecule has 0 aliphatic heterocycles. The van der Waals surface area contributed by atoms with Gasteiger partial charge >= 0.3 is 5.97 Å². The molecule has 0 heterocycles. The first-order chi connectivity index (χ1) is 7.65. The van der Waals surface area contributed by atoms with Gasteiger partial charge in [-0.2, -0.15) is 0 Å². The molecule has 1 aromatic carbocycles. The van der Waals surface area contributed by atoms with Crippen molar-refractivity contribution in [3.05, 3.63) is 28.2 Å². The van der Waals surface area contributed by atoms with Crippen molar-refractivity contribution in [2.45, 2.75) is 12.7 Å². The summed E-state index contributed by atoms with van der Waals surface area (Å²) in [5.41, 5.74) is 7.56. The van der Waals surface area contributed by atoms with E-state index in [1.54, 1.807) is 6.92 Å². The van der Waals surface area contributed by atoms with Gasteiger partial charge < -0.3 is 10.5 Å². The van der Waals surface area contributed by atoms with Crippen molar-refractivity contribution in [3.63, 3.8) is 0 Å². The molecule has 0 bridgehead atoms. The van der Waals surface area contributed by atoms with E-state index < -0.39 is 0 Å². The Balaban J connectivity index is 2.43. The van der Waals surface area contributed by atoms with Crippen LogP contribution < -0.4 is 5.73 Å². The van der Waals surface area contributed by atoms with Crippen LogP contribution in [0.25, 0.3) is 0 Å². The number of carbonyl (C=O) groups is 1. The SMILES string of the molecule is CCOC(=O)CSCc1cccc(N)c1Br. The van der Waals surface area contributed by atoms with Crippen LogP contribution in [0, 0.1) is 0 Å². The molecule has 0 amide bonds. The van der Waals surface area contributed by atoms with Gasteiger partial charge in [0, 0.05) is 15.9 Å². The van der Waals surface area contributed by atoms with Crippen LogP contribution in [0.15, 0.2) is 22.7 Å². The first-order valence-corrected chi connectivity index (χ1v) is 6.86. The van der Waals surface area contributed by atoms with E-state index in [0.717, 1.165) is 15.8 Å². The molecule has 1 rings (SSSR count). The molecular formula is C11H14BrNO2S. The Morgan fingerprint density at radius 2 is 2.31 bits per heavy atom. The molecule has 0 unspecified atom stereocenters. The van der Waals surface area contributed by atoms with Crippen LogP contribution >= 0.6 is 27.7 Å². The number of rotatable bonds is 5. The lowest BCUT2D eigenvalue weighted by Gasteiger charge is -2.06. The van der Waals surface area contributed by atoms with E-state index in [2.05, 4.69) is 15.9 Å². The number of nitrogen functional groups attached to an aromatic ring is 1. The fourth-order valence-electron chi connectivity index (χ4n) is 1.16. The number of nitrogens with two attached hydrogens (primary N) is 1. The number of carbonyl (C=O) groups excluding carboxylic acids is 1. The van der Waals surface area contributed by atoms with Crippen molar-refractivity contribution in [2.75, 3.05) is 18.1 Å². The van der Waals surface area contributed by atoms with Crippen LogP contribution in [-0.4, -0.2) is 18.3 Å². The lowest BCUT2D eigenvalue weighted by molar-refractivity contribution is -0.139. The predicted molar refractivity (Wildman–Crippen MR) is 71.3 cm³/mol. The van der Waals surface area contributed by atoms with Crippen LogP contribution in [0.4, 0.5) is 5.69 Å². The van der Waals surface area contributed by atoms with Crippen LogP contribution in [0.2, 0.25) is 0 Å². The quantitative estimate of drug-likeness (QED) is 0.671. The van der Waals surface area contributed by atoms with Crippen molar-refractivity contribution in [3.8, 4) is 0 Å². The highest BCUT2D eigenvalue weighted by Gasteiger charge is 2.05. The lowest BCUT2D eigenvalue weighted by atomic mass is 10.2. The Labute approximate surface area is 108 Å². The molecule has 2 N–H and O–H groups in total. The molecule has 88 valence electrons. The number of halogens is 1. The van der Waals surface area contributed by atoms with Crippen molar-refractivity contribution in [1.82, 2.24) is 0 Å². The van der Waals surface area contributed by atoms with Gasteiger partial charge in [0.1, 0.15) is 0 Å². The van der Waals surface area contributed by atoms with Gasteiger partial charge in [0.2, 0.25) is 0 Å². The zero-order valence-corrected chi connectivity index (χ0v) is 11.4. The van der Waals surface area contributed by atoms with E-state index in [0.29, 0.717) is 18.0 Å². The summed E-state index contributed by atoms with van der Waals surface area (Å²) >= 11 is 4.94. The topological polar surface area (TPSA) is 52.3 Å². The summed E-state index contributed by atoms with van der Waals surface area (Å²) in [6.07, 6.45) is 0. The number of anilines is 1. The third-order valence-electron chi connectivity index (χ3n) is 1.89. The zero-order chi connectivity index (χ0) is 12.0. The van der Waals surface area contributed by atoms with Gasteiger partial charge in [-0.05, 0) is 34.5 Å². The van der Waals surface area contributed by atoms with Crippen LogP contribution in [0.3, 0.4) is 0 Å². The number of esters is 1. The lowest BCUT2D eigenvalue weighted by Crippen LogP contribution is -2.06. The molecule has 0 radical (unpaired) electrons. The first-order valence-electron chi connectivity index (χ1n) is 4.91.